The SMILES string of the molecule is c1ccc2c(CNN3CCCCC3)csc2c1. The van der Waals surface area contributed by atoms with Crippen LogP contribution in [0.2, 0.25) is 0 Å². The van der Waals surface area contributed by atoms with Gasteiger partial charge in [-0.1, -0.05) is 24.6 Å². The van der Waals surface area contributed by atoms with Crippen LogP contribution in [0.5, 0.6) is 0 Å². The van der Waals surface area contributed by atoms with Gasteiger partial charge in [0.15, 0.2) is 0 Å². The molecule has 1 N–H and O–H groups in total. The van der Waals surface area contributed by atoms with E-state index in [1.54, 1.807) is 0 Å². The standard InChI is InChI=1S/C14H18N2S/c1-4-8-16(9-5-1)15-10-12-11-17-14-7-3-2-6-13(12)14/h2-3,6-7,11,15H,1,4-5,8-10H2. The molecule has 1 fully saturated rings. The lowest BCUT2D eigenvalue weighted by Crippen LogP contribution is -2.41. The number of benzene rings is 1. The minimum absolute atomic E-state index is 0.962. The zero-order valence-electron chi connectivity index (χ0n) is 9.98. The summed E-state index contributed by atoms with van der Waals surface area (Å²) in [5, 5.41) is 6.05. The van der Waals surface area contributed by atoms with Gasteiger partial charge in [-0.25, -0.2) is 5.01 Å². The van der Waals surface area contributed by atoms with Gasteiger partial charge in [0.1, 0.15) is 0 Å². The van der Waals surface area contributed by atoms with Crippen molar-refractivity contribution in [2.75, 3.05) is 13.1 Å². The van der Waals surface area contributed by atoms with E-state index in [0.717, 1.165) is 6.54 Å². The molecule has 0 aliphatic carbocycles. The normalized spacial score (nSPS) is 17.6. The van der Waals surface area contributed by atoms with E-state index in [9.17, 15) is 0 Å². The first kappa shape index (κ1) is 11.2. The summed E-state index contributed by atoms with van der Waals surface area (Å²) >= 11 is 1.84. The Labute approximate surface area is 106 Å². The van der Waals surface area contributed by atoms with Crippen molar-refractivity contribution in [2.24, 2.45) is 0 Å². The van der Waals surface area contributed by atoms with Crippen molar-refractivity contribution in [3.63, 3.8) is 0 Å². The molecule has 0 radical (unpaired) electrons. The monoisotopic (exact) mass is 246 g/mol. The highest BCUT2D eigenvalue weighted by atomic mass is 32.1. The zero-order chi connectivity index (χ0) is 11.5. The molecule has 0 unspecified atom stereocenters. The molecule has 1 aliphatic heterocycles. The third-order valence-corrected chi connectivity index (χ3v) is 4.42. The molecule has 1 aliphatic rings. The maximum absolute atomic E-state index is 3.56. The van der Waals surface area contributed by atoms with Gasteiger partial charge in [-0.3, -0.25) is 5.43 Å². The van der Waals surface area contributed by atoms with Crippen LogP contribution in [0.4, 0.5) is 0 Å². The fourth-order valence-electron chi connectivity index (χ4n) is 2.42. The number of hydrogen-bond donors (Lipinski definition) is 1. The number of nitrogens with one attached hydrogen (secondary N) is 1. The maximum atomic E-state index is 3.56. The average Bonchev–Trinajstić information content (AvgIpc) is 2.81. The molecule has 90 valence electrons. The zero-order valence-corrected chi connectivity index (χ0v) is 10.8. The summed E-state index contributed by atoms with van der Waals surface area (Å²) in [7, 11) is 0. The summed E-state index contributed by atoms with van der Waals surface area (Å²) in [6, 6.07) is 8.66. The molecule has 3 heteroatoms. The van der Waals surface area contributed by atoms with Gasteiger partial charge in [0, 0.05) is 24.3 Å². The van der Waals surface area contributed by atoms with Crippen LogP contribution in [-0.4, -0.2) is 18.1 Å². The molecule has 0 spiro atoms. The summed E-state index contributed by atoms with van der Waals surface area (Å²) in [6.45, 7) is 3.36. The Bertz CT molecular complexity index is 486. The lowest BCUT2D eigenvalue weighted by molar-refractivity contribution is 0.151. The van der Waals surface area contributed by atoms with E-state index < -0.39 is 0 Å². The first-order chi connectivity index (χ1) is 8.43. The molecule has 17 heavy (non-hydrogen) atoms. The number of rotatable bonds is 3. The predicted octanol–water partition coefficient (Wildman–Crippen LogP) is 3.39. The van der Waals surface area contributed by atoms with E-state index in [1.807, 2.05) is 11.3 Å². The van der Waals surface area contributed by atoms with Gasteiger partial charge in [-0.05, 0) is 35.2 Å². The van der Waals surface area contributed by atoms with E-state index in [-0.39, 0.29) is 0 Å². The third-order valence-electron chi connectivity index (χ3n) is 3.41. The summed E-state index contributed by atoms with van der Waals surface area (Å²) in [4.78, 5) is 0. The largest absolute Gasteiger partial charge is 0.251 e. The lowest BCUT2D eigenvalue weighted by atomic mass is 10.1. The summed E-state index contributed by atoms with van der Waals surface area (Å²) < 4.78 is 1.39. The van der Waals surface area contributed by atoms with E-state index in [0.29, 0.717) is 0 Å². The number of fused-ring (bicyclic) bond motifs is 1. The van der Waals surface area contributed by atoms with Crippen LogP contribution in [0.25, 0.3) is 10.1 Å². The van der Waals surface area contributed by atoms with Gasteiger partial charge < -0.3 is 0 Å². The second-order valence-corrected chi connectivity index (χ2v) is 5.55. The number of thiophene rings is 1. The second-order valence-electron chi connectivity index (χ2n) is 4.64. The molecule has 1 aromatic heterocycles. The van der Waals surface area contributed by atoms with Gasteiger partial charge in [-0.2, -0.15) is 0 Å². The molecule has 0 bridgehead atoms. The highest BCUT2D eigenvalue weighted by molar-refractivity contribution is 7.17. The Kier molecular flexibility index (Phi) is 3.41. The molecule has 2 nitrogen and oxygen atoms in total. The summed E-state index contributed by atoms with van der Waals surface area (Å²) in [5.41, 5.74) is 4.98. The first-order valence-electron chi connectivity index (χ1n) is 6.37. The van der Waals surface area contributed by atoms with Crippen LogP contribution in [-0.2, 0) is 6.54 Å². The van der Waals surface area contributed by atoms with Crippen LogP contribution in [0.15, 0.2) is 29.6 Å². The van der Waals surface area contributed by atoms with Crippen LogP contribution in [0, 0.1) is 0 Å². The van der Waals surface area contributed by atoms with E-state index >= 15 is 0 Å². The predicted molar refractivity (Wildman–Crippen MR) is 74.1 cm³/mol. The Morgan fingerprint density at radius 3 is 2.82 bits per heavy atom. The molecular formula is C14H18N2S. The van der Waals surface area contributed by atoms with Crippen molar-refractivity contribution in [3.05, 3.63) is 35.2 Å². The van der Waals surface area contributed by atoms with Crippen LogP contribution in [0.3, 0.4) is 0 Å². The average molecular weight is 246 g/mol. The van der Waals surface area contributed by atoms with Gasteiger partial charge >= 0.3 is 0 Å². The minimum atomic E-state index is 0.962. The minimum Gasteiger partial charge on any atom is -0.251 e. The molecule has 2 heterocycles. The number of hydrazine groups is 1. The number of nitrogens with zero attached hydrogens (tertiary/aromatic N) is 1. The number of hydrogen-bond acceptors (Lipinski definition) is 3. The topological polar surface area (TPSA) is 15.3 Å². The Balaban J connectivity index is 1.68. The van der Waals surface area contributed by atoms with Gasteiger partial charge in [0.25, 0.3) is 0 Å². The molecule has 3 rings (SSSR count). The quantitative estimate of drug-likeness (QED) is 0.893. The second kappa shape index (κ2) is 5.17. The lowest BCUT2D eigenvalue weighted by Gasteiger charge is -2.27. The molecule has 1 saturated heterocycles. The van der Waals surface area contributed by atoms with Crippen LogP contribution < -0.4 is 5.43 Å². The highest BCUT2D eigenvalue weighted by Crippen LogP contribution is 2.25. The first-order valence-corrected chi connectivity index (χ1v) is 7.25. The maximum Gasteiger partial charge on any atom is 0.0367 e. The van der Waals surface area contributed by atoms with Crippen LogP contribution >= 0.6 is 11.3 Å². The van der Waals surface area contributed by atoms with E-state index in [4.69, 9.17) is 0 Å². The molecule has 0 atom stereocenters. The fourth-order valence-corrected chi connectivity index (χ4v) is 3.38. The molecular weight excluding hydrogens is 228 g/mol. The van der Waals surface area contributed by atoms with Crippen molar-refractivity contribution in [1.29, 1.82) is 0 Å². The van der Waals surface area contributed by atoms with Crippen LogP contribution in [0.1, 0.15) is 24.8 Å². The van der Waals surface area contributed by atoms with Gasteiger partial charge in [0.2, 0.25) is 0 Å². The third kappa shape index (κ3) is 2.51. The fraction of sp³-hybridized carbons (Fsp3) is 0.429. The van der Waals surface area contributed by atoms with Crippen molar-refractivity contribution in [2.45, 2.75) is 25.8 Å². The summed E-state index contributed by atoms with van der Waals surface area (Å²) in [5.74, 6) is 0. The molecule has 0 saturated carbocycles. The Morgan fingerprint density at radius 2 is 1.94 bits per heavy atom. The molecule has 0 amide bonds. The van der Waals surface area contributed by atoms with Crippen molar-refractivity contribution < 1.29 is 0 Å². The number of piperidine rings is 1. The van der Waals surface area contributed by atoms with Crippen molar-refractivity contribution in [1.82, 2.24) is 10.4 Å². The van der Waals surface area contributed by atoms with Crippen molar-refractivity contribution in [3.8, 4) is 0 Å². The van der Waals surface area contributed by atoms with E-state index in [2.05, 4.69) is 40.1 Å². The van der Waals surface area contributed by atoms with Gasteiger partial charge in [0.05, 0.1) is 0 Å². The molecule has 2 aromatic rings. The Hall–Kier alpha value is -0.900. The highest BCUT2D eigenvalue weighted by Gasteiger charge is 2.10. The van der Waals surface area contributed by atoms with E-state index in [1.165, 1.54) is 48.0 Å². The van der Waals surface area contributed by atoms with Crippen molar-refractivity contribution >= 4 is 21.4 Å². The smallest absolute Gasteiger partial charge is 0.0367 e. The Morgan fingerprint density at radius 1 is 1.12 bits per heavy atom. The summed E-state index contributed by atoms with van der Waals surface area (Å²) in [6.07, 6.45) is 4.05. The van der Waals surface area contributed by atoms with Gasteiger partial charge in [-0.15, -0.1) is 11.3 Å². The molecule has 1 aromatic carbocycles.